The summed E-state index contributed by atoms with van der Waals surface area (Å²) < 4.78 is 15.4. The Kier molecular flexibility index (Phi) is 6.80. The minimum absolute atomic E-state index is 0.0114. The second-order valence-electron chi connectivity index (χ2n) is 5.84. The Hall–Kier alpha value is -3.40. The van der Waals surface area contributed by atoms with E-state index < -0.39 is 11.8 Å². The summed E-state index contributed by atoms with van der Waals surface area (Å²) in [5.74, 6) is 0.680. The van der Waals surface area contributed by atoms with E-state index in [0.29, 0.717) is 28.5 Å². The fourth-order valence-corrected chi connectivity index (χ4v) is 3.00. The predicted octanol–water partition coefficient (Wildman–Crippen LogP) is 1.56. The van der Waals surface area contributed by atoms with Crippen LogP contribution in [0.25, 0.3) is 0 Å². The van der Waals surface area contributed by atoms with Crippen LogP contribution in [-0.4, -0.2) is 43.1 Å². The van der Waals surface area contributed by atoms with Crippen LogP contribution in [0, 0.1) is 0 Å². The number of hydrazine groups is 1. The number of fused-ring (bicyclic) bond motifs is 1. The molecule has 0 fully saturated rings. The van der Waals surface area contributed by atoms with Crippen LogP contribution in [0.1, 0.15) is 10.4 Å². The molecule has 0 aromatic heterocycles. The average molecular weight is 417 g/mol. The maximum absolute atomic E-state index is 12.1. The predicted molar refractivity (Wildman–Crippen MR) is 107 cm³/mol. The molecular weight excluding hydrogens is 398 g/mol. The third-order valence-corrected chi connectivity index (χ3v) is 4.72. The molecule has 0 aliphatic carbocycles. The van der Waals surface area contributed by atoms with Gasteiger partial charge in [0.25, 0.3) is 5.91 Å². The van der Waals surface area contributed by atoms with Gasteiger partial charge in [0.15, 0.2) is 11.5 Å². The van der Waals surface area contributed by atoms with Gasteiger partial charge in [0, 0.05) is 11.3 Å². The van der Waals surface area contributed by atoms with E-state index in [1.807, 2.05) is 0 Å². The monoisotopic (exact) mass is 417 g/mol. The molecule has 0 unspecified atom stereocenters. The van der Waals surface area contributed by atoms with Crippen LogP contribution in [0.2, 0.25) is 0 Å². The third kappa shape index (κ3) is 5.79. The summed E-state index contributed by atoms with van der Waals surface area (Å²) in [5, 5.41) is 2.72. The summed E-state index contributed by atoms with van der Waals surface area (Å²) in [6, 6.07) is 11.6. The number of thioether (sulfide) groups is 1. The van der Waals surface area contributed by atoms with Crippen molar-refractivity contribution < 1.29 is 28.6 Å². The van der Waals surface area contributed by atoms with Gasteiger partial charge >= 0.3 is 0 Å². The zero-order chi connectivity index (χ0) is 20.6. The molecule has 2 aromatic carbocycles. The number of anilines is 1. The molecule has 152 valence electrons. The number of amides is 3. The lowest BCUT2D eigenvalue weighted by molar-refractivity contribution is -0.119. The van der Waals surface area contributed by atoms with Gasteiger partial charge in [-0.05, 0) is 42.5 Å². The van der Waals surface area contributed by atoms with Gasteiger partial charge in [-0.1, -0.05) is 0 Å². The van der Waals surface area contributed by atoms with Crippen molar-refractivity contribution in [1.82, 2.24) is 10.9 Å². The van der Waals surface area contributed by atoms with Crippen LogP contribution in [0.3, 0.4) is 0 Å². The number of nitrogens with one attached hydrogen (secondary N) is 3. The number of ether oxygens (including phenoxy) is 3. The molecule has 29 heavy (non-hydrogen) atoms. The van der Waals surface area contributed by atoms with Gasteiger partial charge < -0.3 is 19.5 Å². The normalized spacial score (nSPS) is 11.5. The summed E-state index contributed by atoms with van der Waals surface area (Å²) in [6.07, 6.45) is 0. The molecule has 2 aromatic rings. The van der Waals surface area contributed by atoms with E-state index in [9.17, 15) is 14.4 Å². The highest BCUT2D eigenvalue weighted by atomic mass is 32.2. The summed E-state index contributed by atoms with van der Waals surface area (Å²) >= 11 is 1.12. The molecule has 1 aliphatic heterocycles. The molecule has 0 atom stereocenters. The Morgan fingerprint density at radius 3 is 2.45 bits per heavy atom. The second-order valence-corrected chi connectivity index (χ2v) is 6.83. The van der Waals surface area contributed by atoms with E-state index in [2.05, 4.69) is 16.2 Å². The van der Waals surface area contributed by atoms with Crippen molar-refractivity contribution in [3.8, 4) is 17.2 Å². The molecule has 1 aliphatic rings. The molecule has 0 spiro atoms. The van der Waals surface area contributed by atoms with E-state index in [4.69, 9.17) is 14.2 Å². The van der Waals surface area contributed by atoms with Crippen molar-refractivity contribution in [3.63, 3.8) is 0 Å². The molecular formula is C19H19N3O6S. The van der Waals surface area contributed by atoms with Crippen molar-refractivity contribution in [1.29, 1.82) is 0 Å². The summed E-state index contributed by atoms with van der Waals surface area (Å²) in [5.41, 5.74) is 5.58. The highest BCUT2D eigenvalue weighted by Gasteiger charge is 2.16. The first-order valence-electron chi connectivity index (χ1n) is 8.55. The lowest BCUT2D eigenvalue weighted by Gasteiger charge is -2.08. The third-order valence-electron chi connectivity index (χ3n) is 3.79. The van der Waals surface area contributed by atoms with Crippen LogP contribution in [0.4, 0.5) is 5.69 Å². The SMILES string of the molecule is COc1ccc(NC(=O)CSCC(=O)NNC(=O)c2ccc3c(c2)OCO3)cc1. The number of methoxy groups -OCH3 is 1. The van der Waals surface area contributed by atoms with Crippen molar-refractivity contribution in [2.45, 2.75) is 0 Å². The zero-order valence-electron chi connectivity index (χ0n) is 15.5. The summed E-state index contributed by atoms with van der Waals surface area (Å²) in [7, 11) is 1.56. The molecule has 1 heterocycles. The maximum Gasteiger partial charge on any atom is 0.269 e. The Labute approximate surface area is 171 Å². The Morgan fingerprint density at radius 2 is 1.69 bits per heavy atom. The van der Waals surface area contributed by atoms with Crippen molar-refractivity contribution in [2.24, 2.45) is 0 Å². The first-order valence-corrected chi connectivity index (χ1v) is 9.71. The zero-order valence-corrected chi connectivity index (χ0v) is 16.3. The molecule has 3 N–H and O–H groups in total. The first-order chi connectivity index (χ1) is 14.0. The standard InChI is InChI=1S/C19H19N3O6S/c1-26-14-5-3-13(4-6-14)20-17(23)9-29-10-18(24)21-22-19(25)12-2-7-15-16(8-12)28-11-27-15/h2-8H,9-11H2,1H3,(H,20,23)(H,21,24)(H,22,25). The summed E-state index contributed by atoms with van der Waals surface area (Å²) in [4.78, 5) is 35.8. The molecule has 0 bridgehead atoms. The van der Waals surface area contributed by atoms with Crippen molar-refractivity contribution >= 4 is 35.2 Å². The molecule has 0 saturated carbocycles. The number of hydrogen-bond acceptors (Lipinski definition) is 7. The van der Waals surface area contributed by atoms with Crippen molar-refractivity contribution in [2.75, 3.05) is 30.7 Å². The lowest BCUT2D eigenvalue weighted by Crippen LogP contribution is -2.42. The number of carbonyl (C=O) groups is 3. The Bertz CT molecular complexity index is 903. The van der Waals surface area contributed by atoms with E-state index in [1.165, 1.54) is 6.07 Å². The molecule has 3 rings (SSSR count). The number of carbonyl (C=O) groups excluding carboxylic acids is 3. The lowest BCUT2D eigenvalue weighted by atomic mass is 10.2. The topological polar surface area (TPSA) is 115 Å². The van der Waals surface area contributed by atoms with Gasteiger partial charge in [-0.2, -0.15) is 0 Å². The van der Waals surface area contributed by atoms with Gasteiger partial charge in [-0.3, -0.25) is 25.2 Å². The van der Waals surface area contributed by atoms with E-state index in [1.54, 1.807) is 43.5 Å². The highest BCUT2D eigenvalue weighted by Crippen LogP contribution is 2.32. The van der Waals surface area contributed by atoms with Gasteiger partial charge in [0.05, 0.1) is 18.6 Å². The first kappa shape index (κ1) is 20.3. The van der Waals surface area contributed by atoms with Crippen molar-refractivity contribution in [3.05, 3.63) is 48.0 Å². The minimum atomic E-state index is -0.487. The highest BCUT2D eigenvalue weighted by molar-refractivity contribution is 8.00. The fraction of sp³-hybridized carbons (Fsp3) is 0.211. The van der Waals surface area contributed by atoms with Gasteiger partial charge in [0.1, 0.15) is 5.75 Å². The molecule has 3 amide bonds. The van der Waals surface area contributed by atoms with E-state index in [0.717, 1.165) is 11.8 Å². The van der Waals surface area contributed by atoms with E-state index >= 15 is 0 Å². The van der Waals surface area contributed by atoms with Crippen LogP contribution in [-0.2, 0) is 9.59 Å². The van der Waals surface area contributed by atoms with Crippen LogP contribution in [0.5, 0.6) is 17.2 Å². The van der Waals surface area contributed by atoms with Crippen LogP contribution in [0.15, 0.2) is 42.5 Å². The van der Waals surface area contributed by atoms with E-state index in [-0.39, 0.29) is 24.2 Å². The van der Waals surface area contributed by atoms with Gasteiger partial charge in [-0.25, -0.2) is 0 Å². The number of hydrogen-bond donors (Lipinski definition) is 3. The average Bonchev–Trinajstić information content (AvgIpc) is 3.20. The maximum atomic E-state index is 12.1. The molecule has 0 radical (unpaired) electrons. The van der Waals surface area contributed by atoms with Gasteiger partial charge in [0.2, 0.25) is 18.6 Å². The number of rotatable bonds is 7. The number of benzene rings is 2. The molecule has 9 nitrogen and oxygen atoms in total. The quantitative estimate of drug-likeness (QED) is 0.586. The smallest absolute Gasteiger partial charge is 0.269 e. The van der Waals surface area contributed by atoms with Crippen LogP contribution < -0.4 is 30.4 Å². The fourth-order valence-electron chi connectivity index (χ4n) is 2.38. The second kappa shape index (κ2) is 9.69. The summed E-state index contributed by atoms with van der Waals surface area (Å²) in [6.45, 7) is 0.112. The molecule has 0 saturated heterocycles. The Morgan fingerprint density at radius 1 is 0.966 bits per heavy atom. The molecule has 10 heteroatoms. The van der Waals surface area contributed by atoms with Gasteiger partial charge in [-0.15, -0.1) is 11.8 Å². The minimum Gasteiger partial charge on any atom is -0.497 e. The largest absolute Gasteiger partial charge is 0.497 e. The van der Waals surface area contributed by atoms with Crippen LogP contribution >= 0.6 is 11.8 Å². The Balaban J connectivity index is 1.35.